The molecule has 0 spiro atoms. The minimum absolute atomic E-state index is 0.134. The Balaban J connectivity index is 2.06. The van der Waals surface area contributed by atoms with Crippen molar-refractivity contribution in [2.45, 2.75) is 26.4 Å². The largest absolute Gasteiger partial charge is 0.488 e. The van der Waals surface area contributed by atoms with E-state index in [9.17, 15) is 14.0 Å². The molecule has 1 heterocycles. The molecule has 0 unspecified atom stereocenters. The number of methoxy groups -OCH3 is 1. The number of carbonyl (C=O) groups is 2. The van der Waals surface area contributed by atoms with Crippen LogP contribution in [0.2, 0.25) is 0 Å². The van der Waals surface area contributed by atoms with Crippen molar-refractivity contribution < 1.29 is 23.5 Å². The van der Waals surface area contributed by atoms with Gasteiger partial charge in [0.2, 0.25) is 0 Å². The van der Waals surface area contributed by atoms with Gasteiger partial charge in [-0.1, -0.05) is 0 Å². The van der Waals surface area contributed by atoms with Crippen LogP contribution < -0.4 is 4.74 Å². The number of amides is 2. The zero-order valence-corrected chi connectivity index (χ0v) is 14.3. The normalized spacial score (nSPS) is 15.2. The highest BCUT2D eigenvalue weighted by molar-refractivity contribution is 5.94. The van der Waals surface area contributed by atoms with Crippen LogP contribution in [-0.2, 0) is 4.74 Å². The van der Waals surface area contributed by atoms with Crippen LogP contribution in [0.15, 0.2) is 18.2 Å². The number of hydrogen-bond acceptors (Lipinski definition) is 4. The van der Waals surface area contributed by atoms with Crippen LogP contribution in [0, 0.1) is 5.82 Å². The van der Waals surface area contributed by atoms with E-state index >= 15 is 0 Å². The maximum absolute atomic E-state index is 14.1. The first-order chi connectivity index (χ1) is 11.4. The zero-order valence-electron chi connectivity index (χ0n) is 14.3. The van der Waals surface area contributed by atoms with Gasteiger partial charge in [0, 0.05) is 31.7 Å². The van der Waals surface area contributed by atoms with E-state index in [1.807, 2.05) is 13.8 Å². The number of carbonyl (C=O) groups excluding carboxylic acids is 2. The van der Waals surface area contributed by atoms with Crippen molar-refractivity contribution in [3.05, 3.63) is 29.6 Å². The van der Waals surface area contributed by atoms with Crippen molar-refractivity contribution in [3.63, 3.8) is 0 Å². The molecule has 6 nitrogen and oxygen atoms in total. The van der Waals surface area contributed by atoms with Crippen molar-refractivity contribution in [1.82, 2.24) is 9.80 Å². The molecule has 1 aromatic carbocycles. The molecule has 1 aromatic rings. The number of hydrogen-bond donors (Lipinski definition) is 0. The van der Waals surface area contributed by atoms with E-state index < -0.39 is 11.9 Å². The SMILES string of the molecule is COC(=O)N1CCCN(C(=O)c2ccc(OC(C)C)c(F)c2)CC1. The van der Waals surface area contributed by atoms with E-state index in [1.54, 1.807) is 15.9 Å². The summed E-state index contributed by atoms with van der Waals surface area (Å²) in [6.07, 6.45) is 0.110. The average molecular weight is 338 g/mol. The van der Waals surface area contributed by atoms with Crippen molar-refractivity contribution in [2.24, 2.45) is 0 Å². The molecule has 132 valence electrons. The standard InChI is InChI=1S/C17H23FN2O4/c1-12(2)24-15-6-5-13(11-14(15)18)16(21)19-7-4-8-20(10-9-19)17(22)23-3/h5-6,11-12H,4,7-10H2,1-3H3. The first-order valence-corrected chi connectivity index (χ1v) is 8.00. The molecule has 1 fully saturated rings. The van der Waals surface area contributed by atoms with Gasteiger partial charge in [-0.05, 0) is 38.5 Å². The minimum atomic E-state index is -0.555. The number of rotatable bonds is 3. The second-order valence-electron chi connectivity index (χ2n) is 5.91. The number of halogens is 1. The minimum Gasteiger partial charge on any atom is -0.488 e. The van der Waals surface area contributed by atoms with Crippen molar-refractivity contribution >= 4 is 12.0 Å². The maximum atomic E-state index is 14.1. The van der Waals surface area contributed by atoms with E-state index in [1.165, 1.54) is 19.2 Å². The van der Waals surface area contributed by atoms with Crippen LogP contribution in [0.1, 0.15) is 30.6 Å². The van der Waals surface area contributed by atoms with E-state index in [-0.39, 0.29) is 23.3 Å². The lowest BCUT2D eigenvalue weighted by Gasteiger charge is -2.21. The molecule has 7 heteroatoms. The van der Waals surface area contributed by atoms with E-state index in [0.717, 1.165) is 0 Å². The van der Waals surface area contributed by atoms with Gasteiger partial charge in [0.25, 0.3) is 5.91 Å². The van der Waals surface area contributed by atoms with E-state index in [4.69, 9.17) is 9.47 Å². The number of nitrogens with zero attached hydrogens (tertiary/aromatic N) is 2. The van der Waals surface area contributed by atoms with Crippen LogP contribution in [0.4, 0.5) is 9.18 Å². The van der Waals surface area contributed by atoms with Crippen molar-refractivity contribution in [3.8, 4) is 5.75 Å². The molecule has 2 rings (SSSR count). The summed E-state index contributed by atoms with van der Waals surface area (Å²) in [6.45, 7) is 5.45. The van der Waals surface area contributed by atoms with Crippen LogP contribution in [-0.4, -0.2) is 61.2 Å². The van der Waals surface area contributed by atoms with Gasteiger partial charge < -0.3 is 19.3 Å². The average Bonchev–Trinajstić information content (AvgIpc) is 2.81. The molecule has 1 aliphatic rings. The van der Waals surface area contributed by atoms with Crippen LogP contribution >= 0.6 is 0 Å². The summed E-state index contributed by atoms with van der Waals surface area (Å²) < 4.78 is 24.1. The third-order valence-corrected chi connectivity index (χ3v) is 3.76. The molecule has 24 heavy (non-hydrogen) atoms. The Morgan fingerprint density at radius 2 is 1.79 bits per heavy atom. The Kier molecular flexibility index (Phi) is 6.00. The second kappa shape index (κ2) is 7.99. The molecular formula is C17H23FN2O4. The molecule has 0 bridgehead atoms. The van der Waals surface area contributed by atoms with Gasteiger partial charge in [-0.2, -0.15) is 0 Å². The molecule has 0 N–H and O–H groups in total. The molecule has 0 aliphatic carbocycles. The predicted octanol–water partition coefficient (Wildman–Crippen LogP) is 2.53. The summed E-state index contributed by atoms with van der Waals surface area (Å²) in [5.41, 5.74) is 0.273. The van der Waals surface area contributed by atoms with Gasteiger partial charge in [-0.3, -0.25) is 4.79 Å². The molecule has 2 amide bonds. The Morgan fingerprint density at radius 3 is 2.42 bits per heavy atom. The molecule has 1 aliphatic heterocycles. The Morgan fingerprint density at radius 1 is 1.12 bits per heavy atom. The van der Waals surface area contributed by atoms with Gasteiger partial charge >= 0.3 is 6.09 Å². The quantitative estimate of drug-likeness (QED) is 0.850. The third-order valence-electron chi connectivity index (χ3n) is 3.76. The highest BCUT2D eigenvalue weighted by Crippen LogP contribution is 2.21. The summed E-state index contributed by atoms with van der Waals surface area (Å²) in [5, 5.41) is 0. The fraction of sp³-hybridized carbons (Fsp3) is 0.529. The number of benzene rings is 1. The summed E-state index contributed by atoms with van der Waals surface area (Å²) >= 11 is 0. The highest BCUT2D eigenvalue weighted by Gasteiger charge is 2.23. The first-order valence-electron chi connectivity index (χ1n) is 8.00. The Bertz CT molecular complexity index is 606. The van der Waals surface area contributed by atoms with Gasteiger partial charge in [0.1, 0.15) is 0 Å². The van der Waals surface area contributed by atoms with Gasteiger partial charge in [-0.25, -0.2) is 9.18 Å². The molecular weight excluding hydrogens is 315 g/mol. The summed E-state index contributed by atoms with van der Waals surface area (Å²) in [5.74, 6) is -0.674. The van der Waals surface area contributed by atoms with Crippen molar-refractivity contribution in [1.29, 1.82) is 0 Å². The summed E-state index contributed by atoms with van der Waals surface area (Å²) in [6, 6.07) is 4.23. The first kappa shape index (κ1) is 18.0. The van der Waals surface area contributed by atoms with E-state index in [0.29, 0.717) is 32.6 Å². The summed E-state index contributed by atoms with van der Waals surface area (Å²) in [4.78, 5) is 27.3. The van der Waals surface area contributed by atoms with Crippen LogP contribution in [0.3, 0.4) is 0 Å². The lowest BCUT2D eigenvalue weighted by molar-refractivity contribution is 0.0756. The molecule has 0 atom stereocenters. The topological polar surface area (TPSA) is 59.1 Å². The Labute approximate surface area is 141 Å². The number of ether oxygens (including phenoxy) is 2. The Hall–Kier alpha value is -2.31. The zero-order chi connectivity index (χ0) is 17.7. The monoisotopic (exact) mass is 338 g/mol. The fourth-order valence-electron chi connectivity index (χ4n) is 2.60. The van der Waals surface area contributed by atoms with Gasteiger partial charge in [0.05, 0.1) is 13.2 Å². The predicted molar refractivity (Wildman–Crippen MR) is 86.7 cm³/mol. The van der Waals surface area contributed by atoms with Crippen molar-refractivity contribution in [2.75, 3.05) is 33.3 Å². The third kappa shape index (κ3) is 4.37. The lowest BCUT2D eigenvalue weighted by atomic mass is 10.1. The molecule has 0 aromatic heterocycles. The van der Waals surface area contributed by atoms with Crippen LogP contribution in [0.25, 0.3) is 0 Å². The smallest absolute Gasteiger partial charge is 0.409 e. The second-order valence-corrected chi connectivity index (χ2v) is 5.91. The summed E-state index contributed by atoms with van der Waals surface area (Å²) in [7, 11) is 1.33. The van der Waals surface area contributed by atoms with Gasteiger partial charge in [0.15, 0.2) is 11.6 Å². The molecule has 0 saturated carbocycles. The highest BCUT2D eigenvalue weighted by atomic mass is 19.1. The lowest BCUT2D eigenvalue weighted by Crippen LogP contribution is -2.37. The van der Waals surface area contributed by atoms with Crippen LogP contribution in [0.5, 0.6) is 5.75 Å². The molecule has 0 radical (unpaired) electrons. The van der Waals surface area contributed by atoms with Gasteiger partial charge in [-0.15, -0.1) is 0 Å². The fourth-order valence-corrected chi connectivity index (χ4v) is 2.60. The molecule has 1 saturated heterocycles. The van der Waals surface area contributed by atoms with E-state index in [2.05, 4.69) is 0 Å². The maximum Gasteiger partial charge on any atom is 0.409 e.